The molecule has 66 valence electrons. The Kier molecular flexibility index (Phi) is 3.34. The summed E-state index contributed by atoms with van der Waals surface area (Å²) in [6.45, 7) is 7.09. The van der Waals surface area contributed by atoms with Crippen LogP contribution in [0.5, 0.6) is 0 Å². The summed E-state index contributed by atoms with van der Waals surface area (Å²) in [5.74, 6) is 0. The summed E-state index contributed by atoms with van der Waals surface area (Å²) < 4.78 is 0. The van der Waals surface area contributed by atoms with Gasteiger partial charge in [0.2, 0.25) is 0 Å². The van der Waals surface area contributed by atoms with E-state index in [2.05, 4.69) is 31.1 Å². The molecule has 0 saturated carbocycles. The molecule has 0 aromatic heterocycles. The van der Waals surface area contributed by atoms with Crippen molar-refractivity contribution in [2.45, 2.75) is 38.8 Å². The van der Waals surface area contributed by atoms with E-state index in [9.17, 15) is 0 Å². The molecule has 1 N–H and O–H groups in total. The monoisotopic (exact) mass is 156 g/mol. The molecule has 11 heavy (non-hydrogen) atoms. The van der Waals surface area contributed by atoms with E-state index in [-0.39, 0.29) is 0 Å². The van der Waals surface area contributed by atoms with Crippen LogP contribution in [0, 0.1) is 0 Å². The fraction of sp³-hybridized carbons (Fsp3) is 1.00. The highest BCUT2D eigenvalue weighted by molar-refractivity contribution is 4.77. The van der Waals surface area contributed by atoms with E-state index >= 15 is 0 Å². The van der Waals surface area contributed by atoms with Gasteiger partial charge < -0.3 is 10.2 Å². The fourth-order valence-corrected chi connectivity index (χ4v) is 1.70. The van der Waals surface area contributed by atoms with Gasteiger partial charge in [-0.05, 0) is 46.8 Å². The molecule has 0 aromatic carbocycles. The van der Waals surface area contributed by atoms with Gasteiger partial charge in [0.15, 0.2) is 0 Å². The first-order valence-electron chi connectivity index (χ1n) is 4.65. The molecule has 1 rings (SSSR count). The first kappa shape index (κ1) is 9.01. The third-order valence-corrected chi connectivity index (χ3v) is 2.67. The molecule has 1 aliphatic rings. The van der Waals surface area contributed by atoms with Gasteiger partial charge in [-0.25, -0.2) is 0 Å². The van der Waals surface area contributed by atoms with E-state index in [1.54, 1.807) is 0 Å². The summed E-state index contributed by atoms with van der Waals surface area (Å²) in [4.78, 5) is 2.55. The molecular weight excluding hydrogens is 136 g/mol. The minimum absolute atomic E-state index is 0.729. The molecule has 0 bridgehead atoms. The molecule has 1 saturated heterocycles. The Labute approximate surface area is 70.0 Å². The van der Waals surface area contributed by atoms with Crippen molar-refractivity contribution in [3.8, 4) is 0 Å². The van der Waals surface area contributed by atoms with E-state index in [1.165, 1.54) is 25.9 Å². The molecule has 0 atom stereocenters. The van der Waals surface area contributed by atoms with Gasteiger partial charge in [-0.1, -0.05) is 0 Å². The van der Waals surface area contributed by atoms with Crippen LogP contribution >= 0.6 is 0 Å². The average molecular weight is 156 g/mol. The average Bonchev–Trinajstić information content (AvgIpc) is 2.05. The Hall–Kier alpha value is -0.0800. The standard InChI is InChI=1S/C9H20N2/c1-8(2)11-6-4-9(10-3)5-7-11/h8-10H,4-7H2,1-3H3. The lowest BCUT2D eigenvalue weighted by atomic mass is 10.0. The Morgan fingerprint density at radius 2 is 1.82 bits per heavy atom. The number of piperidine rings is 1. The lowest BCUT2D eigenvalue weighted by Gasteiger charge is -2.34. The van der Waals surface area contributed by atoms with Crippen molar-refractivity contribution >= 4 is 0 Å². The predicted molar refractivity (Wildman–Crippen MR) is 48.8 cm³/mol. The summed E-state index contributed by atoms with van der Waals surface area (Å²) in [5, 5.41) is 3.34. The lowest BCUT2D eigenvalue weighted by Crippen LogP contribution is -2.43. The number of nitrogens with one attached hydrogen (secondary N) is 1. The van der Waals surface area contributed by atoms with Crippen molar-refractivity contribution in [3.63, 3.8) is 0 Å². The van der Waals surface area contributed by atoms with Crippen LogP contribution < -0.4 is 5.32 Å². The quantitative estimate of drug-likeness (QED) is 0.643. The molecule has 0 aromatic rings. The zero-order valence-electron chi connectivity index (χ0n) is 7.93. The van der Waals surface area contributed by atoms with Gasteiger partial charge in [0.1, 0.15) is 0 Å². The highest BCUT2D eigenvalue weighted by atomic mass is 15.2. The maximum absolute atomic E-state index is 3.34. The van der Waals surface area contributed by atoms with Gasteiger partial charge in [-0.2, -0.15) is 0 Å². The van der Waals surface area contributed by atoms with Crippen LogP contribution in [-0.2, 0) is 0 Å². The minimum Gasteiger partial charge on any atom is -0.317 e. The van der Waals surface area contributed by atoms with E-state index in [1.807, 2.05) is 0 Å². The normalized spacial score (nSPS) is 22.9. The molecule has 0 radical (unpaired) electrons. The van der Waals surface area contributed by atoms with Crippen molar-refractivity contribution < 1.29 is 0 Å². The number of hydrogen-bond donors (Lipinski definition) is 1. The topological polar surface area (TPSA) is 15.3 Å². The zero-order chi connectivity index (χ0) is 8.27. The van der Waals surface area contributed by atoms with Crippen LogP contribution in [0.4, 0.5) is 0 Å². The highest BCUT2D eigenvalue weighted by Crippen LogP contribution is 2.11. The minimum atomic E-state index is 0.729. The fourth-order valence-electron chi connectivity index (χ4n) is 1.70. The predicted octanol–water partition coefficient (Wildman–Crippen LogP) is 1.08. The molecule has 1 aliphatic heterocycles. The van der Waals surface area contributed by atoms with Gasteiger partial charge in [0, 0.05) is 12.1 Å². The smallest absolute Gasteiger partial charge is 0.00884 e. The van der Waals surface area contributed by atoms with Gasteiger partial charge in [0.25, 0.3) is 0 Å². The molecule has 0 amide bonds. The highest BCUT2D eigenvalue weighted by Gasteiger charge is 2.18. The summed E-state index contributed by atoms with van der Waals surface area (Å²) in [6, 6.07) is 1.50. The van der Waals surface area contributed by atoms with Crippen LogP contribution in [0.1, 0.15) is 26.7 Å². The first-order valence-corrected chi connectivity index (χ1v) is 4.65. The second-order valence-corrected chi connectivity index (χ2v) is 3.69. The maximum Gasteiger partial charge on any atom is 0.00884 e. The number of rotatable bonds is 2. The van der Waals surface area contributed by atoms with Gasteiger partial charge >= 0.3 is 0 Å². The van der Waals surface area contributed by atoms with Crippen LogP contribution in [0.15, 0.2) is 0 Å². The first-order chi connectivity index (χ1) is 5.24. The van der Waals surface area contributed by atoms with Gasteiger partial charge in [0.05, 0.1) is 0 Å². The Bertz CT molecular complexity index is 104. The molecule has 0 unspecified atom stereocenters. The Morgan fingerprint density at radius 3 is 2.18 bits per heavy atom. The van der Waals surface area contributed by atoms with Gasteiger partial charge in [-0.15, -0.1) is 0 Å². The van der Waals surface area contributed by atoms with Crippen molar-refractivity contribution in [1.29, 1.82) is 0 Å². The molecule has 0 aliphatic carbocycles. The Morgan fingerprint density at radius 1 is 1.27 bits per heavy atom. The third kappa shape index (κ3) is 2.46. The van der Waals surface area contributed by atoms with Crippen LogP contribution in [0.25, 0.3) is 0 Å². The lowest BCUT2D eigenvalue weighted by molar-refractivity contribution is 0.164. The molecule has 1 heterocycles. The van der Waals surface area contributed by atoms with Crippen LogP contribution in [0.2, 0.25) is 0 Å². The van der Waals surface area contributed by atoms with E-state index in [0.29, 0.717) is 0 Å². The van der Waals surface area contributed by atoms with Crippen molar-refractivity contribution in [2.24, 2.45) is 0 Å². The Balaban J connectivity index is 2.24. The summed E-state index contributed by atoms with van der Waals surface area (Å²) in [6.07, 6.45) is 2.63. The SMILES string of the molecule is CNC1CCN(C(C)C)CC1. The molecule has 2 heteroatoms. The molecule has 1 fully saturated rings. The molecule has 2 nitrogen and oxygen atoms in total. The maximum atomic E-state index is 3.34. The largest absolute Gasteiger partial charge is 0.317 e. The summed E-state index contributed by atoms with van der Waals surface area (Å²) in [7, 11) is 2.07. The van der Waals surface area contributed by atoms with E-state index in [0.717, 1.165) is 12.1 Å². The third-order valence-electron chi connectivity index (χ3n) is 2.67. The number of hydrogen-bond acceptors (Lipinski definition) is 2. The summed E-state index contributed by atoms with van der Waals surface area (Å²) in [5.41, 5.74) is 0. The van der Waals surface area contributed by atoms with E-state index < -0.39 is 0 Å². The van der Waals surface area contributed by atoms with Gasteiger partial charge in [-0.3, -0.25) is 0 Å². The molecular formula is C9H20N2. The van der Waals surface area contributed by atoms with Crippen LogP contribution in [0.3, 0.4) is 0 Å². The second-order valence-electron chi connectivity index (χ2n) is 3.69. The van der Waals surface area contributed by atoms with E-state index in [4.69, 9.17) is 0 Å². The van der Waals surface area contributed by atoms with Crippen molar-refractivity contribution in [1.82, 2.24) is 10.2 Å². The molecule has 0 spiro atoms. The zero-order valence-corrected chi connectivity index (χ0v) is 7.93. The number of likely N-dealkylation sites (tertiary alicyclic amines) is 1. The second kappa shape index (κ2) is 4.07. The van der Waals surface area contributed by atoms with Crippen molar-refractivity contribution in [3.05, 3.63) is 0 Å². The van der Waals surface area contributed by atoms with Crippen molar-refractivity contribution in [2.75, 3.05) is 20.1 Å². The summed E-state index contributed by atoms with van der Waals surface area (Å²) >= 11 is 0. The number of nitrogens with zero attached hydrogens (tertiary/aromatic N) is 1. The van der Waals surface area contributed by atoms with Crippen LogP contribution in [-0.4, -0.2) is 37.1 Å².